The van der Waals surface area contributed by atoms with Gasteiger partial charge in [-0.05, 0) is 45.4 Å². The van der Waals surface area contributed by atoms with Crippen molar-refractivity contribution in [3.8, 4) is 11.5 Å². The van der Waals surface area contributed by atoms with Crippen LogP contribution in [0.1, 0.15) is 32.8 Å². The predicted molar refractivity (Wildman–Crippen MR) is 92.7 cm³/mol. The Labute approximate surface area is 147 Å². The second-order valence-electron chi connectivity index (χ2n) is 7.15. The lowest BCUT2D eigenvalue weighted by molar-refractivity contribution is -0.121. The zero-order chi connectivity index (χ0) is 18.6. The number of carbonyl (C=O) groups excluding carboxylic acids is 2. The number of phenols is 1. The zero-order valence-corrected chi connectivity index (χ0v) is 15.2. The minimum atomic E-state index is -0.537. The number of phenolic OH excluding ortho intramolecular Hbond substituents is 1. The van der Waals surface area contributed by atoms with Crippen molar-refractivity contribution in [2.24, 2.45) is 0 Å². The third-order valence-electron chi connectivity index (χ3n) is 3.82. The average Bonchev–Trinajstić information content (AvgIpc) is 2.94. The SMILES string of the molecule is COc1ccc(O)cc1CC(=O)NC1CCN(C(=O)OC(C)(C)C)C1. The topological polar surface area (TPSA) is 88.1 Å². The summed E-state index contributed by atoms with van der Waals surface area (Å²) >= 11 is 0. The predicted octanol–water partition coefficient (Wildman–Crippen LogP) is 2.07. The van der Waals surface area contributed by atoms with Crippen molar-refractivity contribution in [1.29, 1.82) is 0 Å². The molecule has 7 heteroatoms. The van der Waals surface area contributed by atoms with Gasteiger partial charge in [-0.3, -0.25) is 4.79 Å². The van der Waals surface area contributed by atoms with Gasteiger partial charge >= 0.3 is 6.09 Å². The molecule has 0 aliphatic carbocycles. The standard InChI is InChI=1S/C18H26N2O5/c1-18(2,3)25-17(23)20-8-7-13(11-20)19-16(22)10-12-9-14(21)5-6-15(12)24-4/h5-6,9,13,21H,7-8,10-11H2,1-4H3,(H,19,22). The Hall–Kier alpha value is -2.44. The number of methoxy groups -OCH3 is 1. The summed E-state index contributed by atoms with van der Waals surface area (Å²) < 4.78 is 10.5. The van der Waals surface area contributed by atoms with Gasteiger partial charge in [0.25, 0.3) is 0 Å². The Morgan fingerprint density at radius 2 is 2.08 bits per heavy atom. The molecule has 2 amide bonds. The molecule has 1 aromatic rings. The van der Waals surface area contributed by atoms with Crippen molar-refractivity contribution in [2.75, 3.05) is 20.2 Å². The van der Waals surface area contributed by atoms with E-state index in [-0.39, 0.29) is 30.2 Å². The third kappa shape index (κ3) is 5.55. The minimum Gasteiger partial charge on any atom is -0.508 e. The van der Waals surface area contributed by atoms with Crippen molar-refractivity contribution in [1.82, 2.24) is 10.2 Å². The molecule has 2 rings (SSSR count). The van der Waals surface area contributed by atoms with Gasteiger partial charge in [-0.15, -0.1) is 0 Å². The summed E-state index contributed by atoms with van der Waals surface area (Å²) in [6, 6.07) is 4.54. The summed E-state index contributed by atoms with van der Waals surface area (Å²) in [6.45, 7) is 6.45. The summed E-state index contributed by atoms with van der Waals surface area (Å²) in [5, 5.41) is 12.5. The van der Waals surface area contributed by atoms with Crippen LogP contribution in [0.4, 0.5) is 4.79 Å². The minimum absolute atomic E-state index is 0.0839. The molecule has 1 unspecified atom stereocenters. The van der Waals surface area contributed by atoms with Gasteiger partial charge in [0.1, 0.15) is 17.1 Å². The normalized spacial score (nSPS) is 17.3. The molecule has 0 saturated carbocycles. The number of nitrogens with zero attached hydrogens (tertiary/aromatic N) is 1. The molecular formula is C18H26N2O5. The average molecular weight is 350 g/mol. The monoisotopic (exact) mass is 350 g/mol. The van der Waals surface area contributed by atoms with Crippen LogP contribution in [0.3, 0.4) is 0 Å². The van der Waals surface area contributed by atoms with Crippen molar-refractivity contribution in [3.63, 3.8) is 0 Å². The van der Waals surface area contributed by atoms with Crippen molar-refractivity contribution < 1.29 is 24.2 Å². The molecule has 1 aliphatic heterocycles. The first-order valence-corrected chi connectivity index (χ1v) is 8.31. The molecule has 0 bridgehead atoms. The number of hydrogen-bond acceptors (Lipinski definition) is 5. The van der Waals surface area contributed by atoms with E-state index in [9.17, 15) is 14.7 Å². The molecule has 1 saturated heterocycles. The molecule has 1 fully saturated rings. The van der Waals surface area contributed by atoms with Crippen LogP contribution >= 0.6 is 0 Å². The third-order valence-corrected chi connectivity index (χ3v) is 3.82. The number of likely N-dealkylation sites (tertiary alicyclic amines) is 1. The highest BCUT2D eigenvalue weighted by atomic mass is 16.6. The highest BCUT2D eigenvalue weighted by Gasteiger charge is 2.30. The lowest BCUT2D eigenvalue weighted by Crippen LogP contribution is -2.40. The second-order valence-corrected chi connectivity index (χ2v) is 7.15. The van der Waals surface area contributed by atoms with Gasteiger partial charge in [-0.1, -0.05) is 0 Å². The highest BCUT2D eigenvalue weighted by molar-refractivity contribution is 5.80. The maximum atomic E-state index is 12.3. The number of ether oxygens (including phenoxy) is 2. The van der Waals surface area contributed by atoms with Crippen LogP contribution in [0.5, 0.6) is 11.5 Å². The van der Waals surface area contributed by atoms with Crippen molar-refractivity contribution >= 4 is 12.0 Å². The van der Waals surface area contributed by atoms with E-state index in [1.54, 1.807) is 11.0 Å². The molecule has 0 radical (unpaired) electrons. The first-order valence-electron chi connectivity index (χ1n) is 8.31. The number of aromatic hydroxyl groups is 1. The van der Waals surface area contributed by atoms with E-state index >= 15 is 0 Å². The Morgan fingerprint density at radius 1 is 1.36 bits per heavy atom. The highest BCUT2D eigenvalue weighted by Crippen LogP contribution is 2.24. The van der Waals surface area contributed by atoms with E-state index in [1.807, 2.05) is 20.8 Å². The molecule has 1 aromatic carbocycles. The van der Waals surface area contributed by atoms with E-state index in [4.69, 9.17) is 9.47 Å². The number of amides is 2. The molecule has 1 heterocycles. The molecule has 0 spiro atoms. The largest absolute Gasteiger partial charge is 0.508 e. The number of hydrogen-bond donors (Lipinski definition) is 2. The molecule has 0 aromatic heterocycles. The van der Waals surface area contributed by atoms with Gasteiger partial charge in [-0.25, -0.2) is 4.79 Å². The Kier molecular flexibility index (Phi) is 5.77. The lowest BCUT2D eigenvalue weighted by Gasteiger charge is -2.24. The molecule has 7 nitrogen and oxygen atoms in total. The fourth-order valence-electron chi connectivity index (χ4n) is 2.73. The Balaban J connectivity index is 1.88. The van der Waals surface area contributed by atoms with E-state index in [0.29, 0.717) is 30.8 Å². The zero-order valence-electron chi connectivity index (χ0n) is 15.2. The fourth-order valence-corrected chi connectivity index (χ4v) is 2.73. The van der Waals surface area contributed by atoms with Crippen LogP contribution in [0.2, 0.25) is 0 Å². The summed E-state index contributed by atoms with van der Waals surface area (Å²) in [5.74, 6) is 0.454. The molecule has 1 aliphatic rings. The van der Waals surface area contributed by atoms with Gasteiger partial charge in [0, 0.05) is 24.7 Å². The molecule has 1 atom stereocenters. The molecule has 25 heavy (non-hydrogen) atoms. The first kappa shape index (κ1) is 18.9. The maximum absolute atomic E-state index is 12.3. The number of rotatable bonds is 4. The molecule has 2 N–H and O–H groups in total. The first-order chi connectivity index (χ1) is 11.7. The Morgan fingerprint density at radius 3 is 2.72 bits per heavy atom. The van der Waals surface area contributed by atoms with Crippen molar-refractivity contribution in [2.45, 2.75) is 45.3 Å². The van der Waals surface area contributed by atoms with E-state index in [2.05, 4.69) is 5.32 Å². The van der Waals surface area contributed by atoms with Gasteiger partial charge in [0.05, 0.1) is 13.5 Å². The van der Waals surface area contributed by atoms with Crippen LogP contribution in [-0.2, 0) is 16.0 Å². The quantitative estimate of drug-likeness (QED) is 0.868. The smallest absolute Gasteiger partial charge is 0.410 e. The summed E-state index contributed by atoms with van der Waals surface area (Å²) in [7, 11) is 1.52. The Bertz CT molecular complexity index is 639. The van der Waals surface area contributed by atoms with Crippen molar-refractivity contribution in [3.05, 3.63) is 23.8 Å². The lowest BCUT2D eigenvalue weighted by atomic mass is 10.1. The molecular weight excluding hydrogens is 324 g/mol. The second kappa shape index (κ2) is 7.63. The van der Waals surface area contributed by atoms with Crippen LogP contribution in [0.25, 0.3) is 0 Å². The van der Waals surface area contributed by atoms with Gasteiger partial charge in [0.15, 0.2) is 0 Å². The van der Waals surface area contributed by atoms with E-state index < -0.39 is 5.60 Å². The van der Waals surface area contributed by atoms with E-state index in [1.165, 1.54) is 19.2 Å². The number of nitrogens with one attached hydrogen (secondary N) is 1. The summed E-state index contributed by atoms with van der Waals surface area (Å²) in [6.07, 6.45) is 0.418. The maximum Gasteiger partial charge on any atom is 0.410 e. The van der Waals surface area contributed by atoms with Crippen LogP contribution < -0.4 is 10.1 Å². The summed E-state index contributed by atoms with van der Waals surface area (Å²) in [4.78, 5) is 25.9. The fraction of sp³-hybridized carbons (Fsp3) is 0.556. The van der Waals surface area contributed by atoms with Crippen LogP contribution in [0.15, 0.2) is 18.2 Å². The van der Waals surface area contributed by atoms with Crippen LogP contribution in [0, 0.1) is 0 Å². The van der Waals surface area contributed by atoms with Crippen LogP contribution in [-0.4, -0.2) is 53.8 Å². The van der Waals surface area contributed by atoms with Gasteiger partial charge < -0.3 is 24.8 Å². The van der Waals surface area contributed by atoms with Gasteiger partial charge in [-0.2, -0.15) is 0 Å². The number of benzene rings is 1. The van der Waals surface area contributed by atoms with E-state index in [0.717, 1.165) is 0 Å². The van der Waals surface area contributed by atoms with Gasteiger partial charge in [0.2, 0.25) is 5.91 Å². The summed E-state index contributed by atoms with van der Waals surface area (Å²) in [5.41, 5.74) is 0.0755. The molecule has 138 valence electrons. The number of carbonyl (C=O) groups is 2.